The van der Waals surface area contributed by atoms with Crippen LogP contribution in [-0.4, -0.2) is 44.9 Å². The molecule has 9 heteroatoms. The lowest BCUT2D eigenvalue weighted by molar-refractivity contribution is 0.660. The molecule has 15 aromatic carbocycles. The Morgan fingerprint density at radius 2 is 0.600 bits per heavy atom. The van der Waals surface area contributed by atoms with Crippen LogP contribution in [0.2, 0.25) is 0 Å². The van der Waals surface area contributed by atoms with Gasteiger partial charge in [-0.25, -0.2) is 29.9 Å². The number of para-hydroxylation sites is 1. The van der Waals surface area contributed by atoms with Gasteiger partial charge in [0.05, 0.1) is 83.8 Å². The van der Waals surface area contributed by atoms with Crippen LogP contribution in [0, 0.1) is 0 Å². The van der Waals surface area contributed by atoms with Gasteiger partial charge in [-0.05, 0) is 227 Å². The molecule has 1 aliphatic rings. The van der Waals surface area contributed by atoms with Gasteiger partial charge in [0.15, 0.2) is 0 Å². The molecule has 9 nitrogen and oxygen atoms in total. The molecule has 0 saturated heterocycles. The van der Waals surface area contributed by atoms with E-state index in [1.165, 1.54) is 33.4 Å². The molecule has 0 unspecified atom stereocenters. The van der Waals surface area contributed by atoms with E-state index in [9.17, 15) is 0 Å². The second-order valence-corrected chi connectivity index (χ2v) is 33.6. The summed E-state index contributed by atoms with van der Waals surface area (Å²) in [6, 6.07) is 135. The molecule has 0 saturated carbocycles. The van der Waals surface area contributed by atoms with Gasteiger partial charge in [0.2, 0.25) is 0 Å². The van der Waals surface area contributed by atoms with E-state index >= 15 is 0 Å². The van der Waals surface area contributed by atoms with Gasteiger partial charge in [-0.2, -0.15) is 0 Å². The van der Waals surface area contributed by atoms with Crippen molar-refractivity contribution in [3.63, 3.8) is 0 Å². The minimum Gasteiger partial charge on any atom is -0.256 e. The highest BCUT2D eigenvalue weighted by Gasteiger charge is 2.35. The number of hydrogen-bond acceptors (Lipinski definition) is 9. The molecule has 580 valence electrons. The zero-order valence-corrected chi connectivity index (χ0v) is 68.1. The highest BCUT2D eigenvalue weighted by molar-refractivity contribution is 6.14. The molecule has 9 heterocycles. The largest absolute Gasteiger partial charge is 0.256 e. The molecule has 0 N–H and O–H groups in total. The van der Waals surface area contributed by atoms with Gasteiger partial charge >= 0.3 is 0 Å². The van der Waals surface area contributed by atoms with Gasteiger partial charge in [-0.15, -0.1) is 0 Å². The Morgan fingerprint density at radius 1 is 0.176 bits per heavy atom. The Kier molecular flexibility index (Phi) is 16.2. The molecule has 9 aromatic heterocycles. The normalized spacial score (nSPS) is 12.5. The summed E-state index contributed by atoms with van der Waals surface area (Å²) < 4.78 is 0. The van der Waals surface area contributed by atoms with Gasteiger partial charge in [-0.3, -0.25) is 15.0 Å². The number of benzene rings is 15. The zero-order chi connectivity index (χ0) is 82.5. The van der Waals surface area contributed by atoms with Crippen molar-refractivity contribution in [3.05, 3.63) is 406 Å². The van der Waals surface area contributed by atoms with Gasteiger partial charge in [0, 0.05) is 106 Å². The first-order valence-corrected chi connectivity index (χ1v) is 42.5. The van der Waals surface area contributed by atoms with Crippen molar-refractivity contribution in [2.45, 2.75) is 19.3 Å². The Balaban J connectivity index is 0.542. The summed E-state index contributed by atoms with van der Waals surface area (Å²) in [6.45, 7) is 4.68. The Bertz CT molecular complexity index is 8720. The van der Waals surface area contributed by atoms with Crippen LogP contribution in [0.1, 0.15) is 25.0 Å². The molecule has 0 aliphatic heterocycles. The molecule has 0 atom stereocenters. The first kappa shape index (κ1) is 71.4. The third-order valence-electron chi connectivity index (χ3n) is 25.9. The summed E-state index contributed by atoms with van der Waals surface area (Å²) in [7, 11) is 0. The van der Waals surface area contributed by atoms with Crippen LogP contribution in [0.3, 0.4) is 0 Å². The van der Waals surface area contributed by atoms with E-state index in [0.717, 1.165) is 232 Å². The average molecular weight is 1590 g/mol. The van der Waals surface area contributed by atoms with Crippen LogP contribution in [0.25, 0.3) is 254 Å². The van der Waals surface area contributed by atoms with Crippen LogP contribution >= 0.6 is 0 Å². The first-order valence-electron chi connectivity index (χ1n) is 42.5. The summed E-state index contributed by atoms with van der Waals surface area (Å²) in [5, 5.41) is 13.9. The molecule has 0 radical (unpaired) electrons. The molecule has 125 heavy (non-hydrogen) atoms. The second-order valence-electron chi connectivity index (χ2n) is 33.6. The van der Waals surface area contributed by atoms with E-state index in [2.05, 4.69) is 360 Å². The zero-order valence-electron chi connectivity index (χ0n) is 68.1. The number of fused-ring (bicyclic) bond motifs is 17. The fourth-order valence-corrected chi connectivity index (χ4v) is 19.3. The quantitative estimate of drug-likeness (QED) is 0.117. The van der Waals surface area contributed by atoms with Crippen molar-refractivity contribution in [2.75, 3.05) is 0 Å². The Hall–Kier alpha value is -16.5. The van der Waals surface area contributed by atoms with Gasteiger partial charge in [0.25, 0.3) is 0 Å². The van der Waals surface area contributed by atoms with E-state index in [-0.39, 0.29) is 5.41 Å². The van der Waals surface area contributed by atoms with Crippen molar-refractivity contribution < 1.29 is 0 Å². The molecular weight excluding hydrogens is 1520 g/mol. The third kappa shape index (κ3) is 12.2. The highest BCUT2D eigenvalue weighted by atomic mass is 14.8. The smallest absolute Gasteiger partial charge is 0.0978 e. The minimum absolute atomic E-state index is 0.0799. The third-order valence-corrected chi connectivity index (χ3v) is 25.9. The van der Waals surface area contributed by atoms with Crippen LogP contribution in [0.5, 0.6) is 0 Å². The monoisotopic (exact) mass is 1590 g/mol. The van der Waals surface area contributed by atoms with Crippen LogP contribution in [0.15, 0.2) is 395 Å². The Labute approximate surface area is 719 Å². The van der Waals surface area contributed by atoms with Gasteiger partial charge < -0.3 is 0 Å². The average Bonchev–Trinajstić information content (AvgIpc) is 0.969. The van der Waals surface area contributed by atoms with Crippen LogP contribution in [-0.2, 0) is 5.41 Å². The molecule has 1 aliphatic carbocycles. The Morgan fingerprint density at radius 3 is 1.34 bits per heavy atom. The molecular formula is C116H71N9. The number of pyridine rings is 9. The van der Waals surface area contributed by atoms with Crippen molar-refractivity contribution in [3.8, 4) is 134 Å². The molecule has 0 amide bonds. The van der Waals surface area contributed by atoms with Crippen molar-refractivity contribution in [1.29, 1.82) is 0 Å². The first-order chi connectivity index (χ1) is 61.6. The van der Waals surface area contributed by atoms with E-state index in [0.29, 0.717) is 0 Å². The topological polar surface area (TPSA) is 116 Å². The number of aromatic nitrogens is 9. The van der Waals surface area contributed by atoms with Gasteiger partial charge in [0.1, 0.15) is 0 Å². The van der Waals surface area contributed by atoms with Crippen LogP contribution < -0.4 is 0 Å². The number of hydrogen-bond donors (Lipinski definition) is 0. The predicted octanol–water partition coefficient (Wildman–Crippen LogP) is 29.6. The molecule has 0 bridgehead atoms. The maximum atomic E-state index is 5.64. The van der Waals surface area contributed by atoms with E-state index in [1.54, 1.807) is 0 Å². The fourth-order valence-electron chi connectivity index (χ4n) is 19.3. The molecule has 0 spiro atoms. The lowest BCUT2D eigenvalue weighted by Crippen LogP contribution is -2.14. The summed E-state index contributed by atoms with van der Waals surface area (Å²) in [6.07, 6.45) is 5.60. The van der Waals surface area contributed by atoms with Crippen LogP contribution in [0.4, 0.5) is 0 Å². The molecule has 0 fully saturated rings. The van der Waals surface area contributed by atoms with Crippen molar-refractivity contribution >= 4 is 120 Å². The summed E-state index contributed by atoms with van der Waals surface area (Å²) in [5.74, 6) is 0. The predicted molar refractivity (Wildman–Crippen MR) is 517 cm³/mol. The SMILES string of the molecule is CC1(C)c2ccccc2-c2ccc(-c3ccc(-c4ccc5cc(-c6ccc7cc(-c8ccc(-c9ccc%10ccc%11c(-c%12cc(-c%13cccc(-c%14ccc%15ccc%16ccc(-c%17cnc%18ccccc%18c%17)nc%16c%15n%14)c%13)c%13ccccc%13c%12)cc(-c%12ccc%13ncccc%13c%12)nc%11c%10n9)cc8)ccc7c6)c6ccc(-c7ccc8cccnc8c7)nc6c5n4)cc3)cc21. The minimum atomic E-state index is -0.0799. The van der Waals surface area contributed by atoms with Crippen molar-refractivity contribution in [1.82, 2.24) is 44.9 Å². The summed E-state index contributed by atoms with van der Waals surface area (Å²) in [4.78, 5) is 47.2. The lowest BCUT2D eigenvalue weighted by Gasteiger charge is -2.22. The highest BCUT2D eigenvalue weighted by Crippen LogP contribution is 2.51. The summed E-state index contributed by atoms with van der Waals surface area (Å²) >= 11 is 0. The van der Waals surface area contributed by atoms with Gasteiger partial charge in [-0.1, -0.05) is 263 Å². The van der Waals surface area contributed by atoms with E-state index in [4.69, 9.17) is 44.9 Å². The lowest BCUT2D eigenvalue weighted by atomic mass is 9.81. The molecule has 25 rings (SSSR count). The summed E-state index contributed by atoms with van der Waals surface area (Å²) in [5.41, 5.74) is 35.5. The maximum absolute atomic E-state index is 5.64. The number of nitrogens with zero attached hydrogens (tertiary/aromatic N) is 9. The standard InChI is InChI=1S/C116H71N9/c1-116(2)99-20-7-6-19-92(99)93-45-39-79(64-100(93)116)69-24-28-72(29-25-69)104-52-44-88-62-97(95-47-53-106(124-115(95)113(88)121-104)87-37-30-70-16-10-55-118-108(70)65-87)82-36-35-77-56-76(33-34-78(77)57-82)68-22-26-71(27-23-68)103-49-40-75-38-46-94-98(66-109(125-114(94)112(75)120-103)86-43-48-102-84(60-86)17-11-54-117-102)89-59-80-12-3-5-18-91(80)96(63-89)81-14-9-15-85(58-81)105-50-41-73-31-32-74-42-51-107(123-111(74)110(73)122-105)90-61-83-13-4-8-21-101(83)119-67-90/h3-67H,1-2H3. The van der Waals surface area contributed by atoms with Crippen molar-refractivity contribution in [2.24, 2.45) is 0 Å². The second kappa shape index (κ2) is 28.3. The number of rotatable bonds is 11. The van der Waals surface area contributed by atoms with E-state index in [1.807, 2.05) is 48.9 Å². The molecule has 24 aromatic rings. The van der Waals surface area contributed by atoms with E-state index < -0.39 is 0 Å². The fraction of sp³-hybridized carbons (Fsp3) is 0.0259. The maximum Gasteiger partial charge on any atom is 0.0978 e.